The minimum Gasteiger partial charge on any atom is -0.444 e. The molecule has 1 aliphatic carbocycles. The summed E-state index contributed by atoms with van der Waals surface area (Å²) in [6.45, 7) is 9.43. The van der Waals surface area contributed by atoms with Gasteiger partial charge in [-0.1, -0.05) is 0 Å². The first-order valence-electron chi connectivity index (χ1n) is 8.19. The van der Waals surface area contributed by atoms with Crippen molar-refractivity contribution in [3.8, 4) is 0 Å². The van der Waals surface area contributed by atoms with Crippen LogP contribution in [0.4, 0.5) is 4.79 Å². The molecule has 5 nitrogen and oxygen atoms in total. The van der Waals surface area contributed by atoms with Gasteiger partial charge in [0.15, 0.2) is 0 Å². The van der Waals surface area contributed by atoms with E-state index in [9.17, 15) is 4.79 Å². The molecule has 2 N–H and O–H groups in total. The number of amides is 1. The van der Waals surface area contributed by atoms with Crippen LogP contribution in [0.25, 0.3) is 0 Å². The van der Waals surface area contributed by atoms with Gasteiger partial charge in [-0.05, 0) is 59.3 Å². The molecular formula is C16H30N2O3. The Bertz CT molecular complexity index is 350. The van der Waals surface area contributed by atoms with Crippen LogP contribution in [0.1, 0.15) is 53.4 Å². The SMILES string of the molecule is CC1CCC(CNCC(NC(=O)OC(C)(C)C)C2CC2)O1. The first-order valence-corrected chi connectivity index (χ1v) is 8.19. The average molecular weight is 298 g/mol. The van der Waals surface area contributed by atoms with Crippen molar-refractivity contribution in [3.05, 3.63) is 0 Å². The van der Waals surface area contributed by atoms with Gasteiger partial charge in [0.2, 0.25) is 0 Å². The summed E-state index contributed by atoms with van der Waals surface area (Å²) in [4.78, 5) is 11.9. The van der Waals surface area contributed by atoms with E-state index < -0.39 is 5.60 Å². The second kappa shape index (κ2) is 6.97. The van der Waals surface area contributed by atoms with Crippen molar-refractivity contribution in [2.24, 2.45) is 5.92 Å². The van der Waals surface area contributed by atoms with Crippen LogP contribution in [-0.4, -0.2) is 43.0 Å². The molecule has 2 fully saturated rings. The monoisotopic (exact) mass is 298 g/mol. The van der Waals surface area contributed by atoms with Crippen LogP contribution in [0.3, 0.4) is 0 Å². The van der Waals surface area contributed by atoms with Crippen molar-refractivity contribution >= 4 is 6.09 Å². The maximum Gasteiger partial charge on any atom is 0.407 e. The summed E-state index contributed by atoms with van der Waals surface area (Å²) in [7, 11) is 0. The largest absolute Gasteiger partial charge is 0.444 e. The lowest BCUT2D eigenvalue weighted by molar-refractivity contribution is 0.0485. The Morgan fingerprint density at radius 2 is 2.00 bits per heavy atom. The lowest BCUT2D eigenvalue weighted by Crippen LogP contribution is -2.46. The lowest BCUT2D eigenvalue weighted by atomic mass is 10.1. The summed E-state index contributed by atoms with van der Waals surface area (Å²) < 4.78 is 11.1. The smallest absolute Gasteiger partial charge is 0.407 e. The van der Waals surface area contributed by atoms with E-state index in [1.807, 2.05) is 20.8 Å². The molecule has 3 unspecified atom stereocenters. The average Bonchev–Trinajstić information content (AvgIpc) is 3.10. The van der Waals surface area contributed by atoms with Crippen molar-refractivity contribution in [2.75, 3.05) is 13.1 Å². The van der Waals surface area contributed by atoms with Crippen molar-refractivity contribution in [1.29, 1.82) is 0 Å². The minimum atomic E-state index is -0.445. The third-order valence-electron chi connectivity index (χ3n) is 3.95. The second-order valence-electron chi connectivity index (χ2n) is 7.39. The lowest BCUT2D eigenvalue weighted by Gasteiger charge is -2.24. The summed E-state index contributed by atoms with van der Waals surface area (Å²) >= 11 is 0. The van der Waals surface area contributed by atoms with Crippen LogP contribution in [0.2, 0.25) is 0 Å². The molecule has 122 valence electrons. The zero-order chi connectivity index (χ0) is 15.5. The molecule has 1 saturated carbocycles. The molecule has 3 atom stereocenters. The number of alkyl carbamates (subject to hydrolysis) is 1. The molecule has 0 bridgehead atoms. The second-order valence-corrected chi connectivity index (χ2v) is 7.39. The molecule has 1 amide bonds. The summed E-state index contributed by atoms with van der Waals surface area (Å²) in [5.74, 6) is 0.591. The zero-order valence-corrected chi connectivity index (χ0v) is 13.8. The van der Waals surface area contributed by atoms with Crippen molar-refractivity contribution in [1.82, 2.24) is 10.6 Å². The Kier molecular flexibility index (Phi) is 5.49. The summed E-state index contributed by atoms with van der Waals surface area (Å²) in [6.07, 6.45) is 5.05. The summed E-state index contributed by atoms with van der Waals surface area (Å²) in [5.41, 5.74) is -0.445. The van der Waals surface area contributed by atoms with E-state index >= 15 is 0 Å². The standard InChI is InChI=1S/C16H30N2O3/c1-11-5-8-13(20-11)9-17-10-14(12-6-7-12)18-15(19)21-16(2,3)4/h11-14,17H,5-10H2,1-4H3,(H,18,19). The molecule has 1 heterocycles. The molecule has 1 saturated heterocycles. The predicted octanol–water partition coefficient (Wildman–Crippen LogP) is 2.45. The molecule has 5 heteroatoms. The van der Waals surface area contributed by atoms with E-state index in [0.29, 0.717) is 18.1 Å². The van der Waals surface area contributed by atoms with E-state index in [4.69, 9.17) is 9.47 Å². The first-order chi connectivity index (χ1) is 9.83. The Labute approximate surface area is 128 Å². The van der Waals surface area contributed by atoms with E-state index in [1.54, 1.807) is 0 Å². The third kappa shape index (κ3) is 6.22. The summed E-state index contributed by atoms with van der Waals surface area (Å²) in [5, 5.41) is 6.45. The number of hydrogen-bond donors (Lipinski definition) is 2. The van der Waals surface area contributed by atoms with Crippen LogP contribution < -0.4 is 10.6 Å². The minimum absolute atomic E-state index is 0.165. The van der Waals surface area contributed by atoms with Crippen molar-refractivity contribution in [3.63, 3.8) is 0 Å². The maximum absolute atomic E-state index is 11.9. The Hall–Kier alpha value is -0.810. The molecule has 0 aromatic heterocycles. The molecule has 0 radical (unpaired) electrons. The van der Waals surface area contributed by atoms with Crippen molar-refractivity contribution in [2.45, 2.75) is 77.2 Å². The van der Waals surface area contributed by atoms with Gasteiger partial charge < -0.3 is 20.1 Å². The van der Waals surface area contributed by atoms with Gasteiger partial charge in [0.1, 0.15) is 5.60 Å². The van der Waals surface area contributed by atoms with Gasteiger partial charge in [-0.2, -0.15) is 0 Å². The van der Waals surface area contributed by atoms with Crippen LogP contribution in [0, 0.1) is 5.92 Å². The fourth-order valence-electron chi connectivity index (χ4n) is 2.73. The van der Waals surface area contributed by atoms with Gasteiger partial charge in [-0.15, -0.1) is 0 Å². The Balaban J connectivity index is 1.68. The molecule has 0 aromatic rings. The fraction of sp³-hybridized carbons (Fsp3) is 0.938. The number of nitrogens with one attached hydrogen (secondary N) is 2. The number of carbonyl (C=O) groups excluding carboxylic acids is 1. The highest BCUT2D eigenvalue weighted by Crippen LogP contribution is 2.32. The first kappa shape index (κ1) is 16.6. The van der Waals surface area contributed by atoms with E-state index in [1.165, 1.54) is 12.8 Å². The number of carbonyl (C=O) groups is 1. The molecule has 2 rings (SSSR count). The highest BCUT2D eigenvalue weighted by Gasteiger charge is 2.33. The highest BCUT2D eigenvalue weighted by atomic mass is 16.6. The van der Waals surface area contributed by atoms with Gasteiger partial charge in [-0.25, -0.2) is 4.79 Å². The van der Waals surface area contributed by atoms with Gasteiger partial charge in [0.25, 0.3) is 0 Å². The highest BCUT2D eigenvalue weighted by molar-refractivity contribution is 5.68. The van der Waals surface area contributed by atoms with Crippen LogP contribution >= 0.6 is 0 Å². The van der Waals surface area contributed by atoms with Gasteiger partial charge in [0.05, 0.1) is 12.2 Å². The molecule has 0 aromatic carbocycles. The quantitative estimate of drug-likeness (QED) is 0.791. The summed E-state index contributed by atoms with van der Waals surface area (Å²) in [6, 6.07) is 0.165. The number of hydrogen-bond acceptors (Lipinski definition) is 4. The Morgan fingerprint density at radius 3 is 2.52 bits per heavy atom. The number of ether oxygens (including phenoxy) is 2. The van der Waals surface area contributed by atoms with Crippen LogP contribution in [0.5, 0.6) is 0 Å². The van der Waals surface area contributed by atoms with Gasteiger partial charge in [-0.3, -0.25) is 0 Å². The molecule has 1 aliphatic heterocycles. The topological polar surface area (TPSA) is 59.6 Å². The Morgan fingerprint density at radius 1 is 1.29 bits per heavy atom. The molecule has 2 aliphatic rings. The van der Waals surface area contributed by atoms with Gasteiger partial charge in [0, 0.05) is 19.1 Å². The van der Waals surface area contributed by atoms with Gasteiger partial charge >= 0.3 is 6.09 Å². The van der Waals surface area contributed by atoms with Crippen molar-refractivity contribution < 1.29 is 14.3 Å². The maximum atomic E-state index is 11.9. The van der Waals surface area contributed by atoms with Crippen LogP contribution in [-0.2, 0) is 9.47 Å². The van der Waals surface area contributed by atoms with E-state index in [0.717, 1.165) is 25.9 Å². The number of rotatable bonds is 6. The molecular weight excluding hydrogens is 268 g/mol. The molecule has 0 spiro atoms. The normalized spacial score (nSPS) is 27.4. The third-order valence-corrected chi connectivity index (χ3v) is 3.95. The fourth-order valence-corrected chi connectivity index (χ4v) is 2.73. The van der Waals surface area contributed by atoms with E-state index in [-0.39, 0.29) is 12.1 Å². The van der Waals surface area contributed by atoms with Crippen LogP contribution in [0.15, 0.2) is 0 Å². The van der Waals surface area contributed by atoms with E-state index in [2.05, 4.69) is 17.6 Å². The molecule has 21 heavy (non-hydrogen) atoms. The predicted molar refractivity (Wildman–Crippen MR) is 82.3 cm³/mol. The zero-order valence-electron chi connectivity index (χ0n) is 13.8.